The van der Waals surface area contributed by atoms with E-state index in [9.17, 15) is 9.59 Å². The Labute approximate surface area is 102 Å². The monoisotopic (exact) mass is 233 g/mol. The van der Waals surface area contributed by atoms with Crippen LogP contribution in [0.5, 0.6) is 0 Å². The maximum atomic E-state index is 11.4. The van der Waals surface area contributed by atoms with Gasteiger partial charge in [0.15, 0.2) is 0 Å². The van der Waals surface area contributed by atoms with Crippen LogP contribution in [-0.4, -0.2) is 11.7 Å². The zero-order valence-electron chi connectivity index (χ0n) is 10.6. The molecule has 0 saturated heterocycles. The summed E-state index contributed by atoms with van der Waals surface area (Å²) in [6.07, 6.45) is 0.921. The van der Waals surface area contributed by atoms with Gasteiger partial charge in [0.2, 0.25) is 5.91 Å². The molecule has 1 aromatic carbocycles. The highest BCUT2D eigenvalue weighted by Gasteiger charge is 2.06. The van der Waals surface area contributed by atoms with Crippen molar-refractivity contribution < 1.29 is 9.59 Å². The number of nitrogens with one attached hydrogen (secondary N) is 1. The van der Waals surface area contributed by atoms with Crippen LogP contribution in [0.1, 0.15) is 32.8 Å². The number of Topliss-reactive ketones (excluding diaryl/α,β-unsaturated/α-hetero) is 1. The Kier molecular flexibility index (Phi) is 4.88. The lowest BCUT2D eigenvalue weighted by Crippen LogP contribution is -2.14. The van der Waals surface area contributed by atoms with Gasteiger partial charge in [-0.05, 0) is 37.0 Å². The minimum atomic E-state index is -0.251. The third kappa shape index (κ3) is 5.29. The second-order valence-corrected chi connectivity index (χ2v) is 4.73. The molecule has 0 unspecified atom stereocenters. The number of anilines is 1. The summed E-state index contributed by atoms with van der Waals surface area (Å²) in [5.74, 6) is 0.207. The smallest absolute Gasteiger partial charge is 0.231 e. The van der Waals surface area contributed by atoms with Crippen LogP contribution in [-0.2, 0) is 16.0 Å². The number of carbonyl (C=O) groups excluding carboxylic acids is 2. The van der Waals surface area contributed by atoms with Crippen molar-refractivity contribution in [1.82, 2.24) is 0 Å². The van der Waals surface area contributed by atoms with E-state index in [0.29, 0.717) is 5.92 Å². The van der Waals surface area contributed by atoms with Gasteiger partial charge in [-0.2, -0.15) is 0 Å². The highest BCUT2D eigenvalue weighted by atomic mass is 16.2. The van der Waals surface area contributed by atoms with Gasteiger partial charge >= 0.3 is 0 Å². The highest BCUT2D eigenvalue weighted by molar-refractivity contribution is 6.03. The maximum Gasteiger partial charge on any atom is 0.231 e. The van der Waals surface area contributed by atoms with Crippen molar-refractivity contribution in [3.63, 3.8) is 0 Å². The van der Waals surface area contributed by atoms with Gasteiger partial charge in [-0.25, -0.2) is 0 Å². The third-order valence-corrected chi connectivity index (χ3v) is 2.26. The number of rotatable bonds is 5. The van der Waals surface area contributed by atoms with E-state index in [-0.39, 0.29) is 18.1 Å². The molecule has 0 heterocycles. The Morgan fingerprint density at radius 2 is 2.00 bits per heavy atom. The van der Waals surface area contributed by atoms with E-state index in [0.717, 1.165) is 12.1 Å². The van der Waals surface area contributed by atoms with Crippen molar-refractivity contribution in [1.29, 1.82) is 0 Å². The third-order valence-electron chi connectivity index (χ3n) is 2.26. The van der Waals surface area contributed by atoms with Crippen molar-refractivity contribution in [3.05, 3.63) is 29.8 Å². The van der Waals surface area contributed by atoms with Crippen molar-refractivity contribution in [2.24, 2.45) is 5.92 Å². The molecule has 1 N–H and O–H groups in total. The van der Waals surface area contributed by atoms with Crippen LogP contribution < -0.4 is 5.32 Å². The number of amides is 1. The summed E-state index contributed by atoms with van der Waals surface area (Å²) in [5, 5.41) is 2.73. The van der Waals surface area contributed by atoms with Crippen molar-refractivity contribution in [2.45, 2.75) is 33.6 Å². The van der Waals surface area contributed by atoms with Crippen molar-refractivity contribution in [2.75, 3.05) is 5.32 Å². The van der Waals surface area contributed by atoms with E-state index in [1.54, 1.807) is 0 Å². The Bertz CT molecular complexity index is 410. The van der Waals surface area contributed by atoms with Crippen LogP contribution in [0.25, 0.3) is 0 Å². The van der Waals surface area contributed by atoms with Crippen molar-refractivity contribution >= 4 is 17.4 Å². The Balaban J connectivity index is 2.65. The molecule has 3 nitrogen and oxygen atoms in total. The van der Waals surface area contributed by atoms with Crippen LogP contribution in [0.4, 0.5) is 5.69 Å². The van der Waals surface area contributed by atoms with Gasteiger partial charge in [-0.1, -0.05) is 26.0 Å². The summed E-state index contributed by atoms with van der Waals surface area (Å²) in [6.45, 7) is 5.72. The van der Waals surface area contributed by atoms with Crippen LogP contribution in [0.15, 0.2) is 24.3 Å². The number of benzene rings is 1. The second kappa shape index (κ2) is 6.18. The number of hydrogen-bond donors (Lipinski definition) is 1. The first kappa shape index (κ1) is 13.4. The molecular weight excluding hydrogens is 214 g/mol. The predicted octanol–water partition coefficient (Wildman–Crippen LogP) is 2.80. The number of hydrogen-bond acceptors (Lipinski definition) is 2. The van der Waals surface area contributed by atoms with Crippen LogP contribution in [0.2, 0.25) is 0 Å². The van der Waals surface area contributed by atoms with Gasteiger partial charge in [0.1, 0.15) is 5.78 Å². The zero-order valence-corrected chi connectivity index (χ0v) is 10.6. The van der Waals surface area contributed by atoms with Gasteiger partial charge in [0, 0.05) is 5.69 Å². The van der Waals surface area contributed by atoms with Gasteiger partial charge in [-0.3, -0.25) is 9.59 Å². The molecule has 1 aromatic rings. The molecule has 0 bridgehead atoms. The first-order valence-corrected chi connectivity index (χ1v) is 5.85. The topological polar surface area (TPSA) is 46.2 Å². The molecule has 0 aliphatic rings. The average Bonchev–Trinajstić information content (AvgIpc) is 2.14. The molecule has 3 heteroatoms. The molecule has 0 spiro atoms. The van der Waals surface area contributed by atoms with Gasteiger partial charge in [-0.15, -0.1) is 0 Å². The minimum absolute atomic E-state index is 0.0611. The lowest BCUT2D eigenvalue weighted by atomic mass is 10.0. The Morgan fingerprint density at radius 1 is 1.29 bits per heavy atom. The van der Waals surface area contributed by atoms with E-state index < -0.39 is 0 Å². The zero-order chi connectivity index (χ0) is 12.8. The first-order valence-electron chi connectivity index (χ1n) is 5.85. The largest absolute Gasteiger partial charge is 0.326 e. The number of ketones is 1. The summed E-state index contributed by atoms with van der Waals surface area (Å²) < 4.78 is 0. The van der Waals surface area contributed by atoms with Crippen LogP contribution >= 0.6 is 0 Å². The molecule has 0 radical (unpaired) electrons. The molecule has 1 rings (SSSR count). The molecule has 1 amide bonds. The summed E-state index contributed by atoms with van der Waals surface area (Å²) in [4.78, 5) is 22.2. The fourth-order valence-electron chi connectivity index (χ4n) is 1.68. The predicted molar refractivity (Wildman–Crippen MR) is 68.9 cm³/mol. The molecule has 0 saturated carbocycles. The molecule has 0 aromatic heterocycles. The quantitative estimate of drug-likeness (QED) is 0.795. The molecule has 0 atom stereocenters. The van der Waals surface area contributed by atoms with E-state index >= 15 is 0 Å². The van der Waals surface area contributed by atoms with Crippen molar-refractivity contribution in [3.8, 4) is 0 Å². The van der Waals surface area contributed by atoms with E-state index in [4.69, 9.17) is 0 Å². The highest BCUT2D eigenvalue weighted by Crippen LogP contribution is 2.14. The normalized spacial score (nSPS) is 10.4. The van der Waals surface area contributed by atoms with Crippen LogP contribution in [0.3, 0.4) is 0 Å². The Hall–Kier alpha value is -1.64. The molecule has 0 aliphatic heterocycles. The second-order valence-electron chi connectivity index (χ2n) is 4.73. The summed E-state index contributed by atoms with van der Waals surface area (Å²) >= 11 is 0. The average molecular weight is 233 g/mol. The summed E-state index contributed by atoms with van der Waals surface area (Å²) in [7, 11) is 0. The molecule has 17 heavy (non-hydrogen) atoms. The SMILES string of the molecule is CC(=O)CC(=O)Nc1cccc(CC(C)C)c1. The summed E-state index contributed by atoms with van der Waals surface area (Å²) in [6, 6.07) is 7.75. The van der Waals surface area contributed by atoms with Gasteiger partial charge in [0.25, 0.3) is 0 Å². The fourth-order valence-corrected chi connectivity index (χ4v) is 1.68. The molecule has 92 valence electrons. The fraction of sp³-hybridized carbons (Fsp3) is 0.429. The number of carbonyl (C=O) groups is 2. The van der Waals surface area contributed by atoms with Gasteiger partial charge < -0.3 is 5.32 Å². The van der Waals surface area contributed by atoms with E-state index in [1.807, 2.05) is 24.3 Å². The summed E-state index contributed by atoms with van der Waals surface area (Å²) in [5.41, 5.74) is 1.95. The van der Waals surface area contributed by atoms with E-state index in [2.05, 4.69) is 19.2 Å². The maximum absolute atomic E-state index is 11.4. The minimum Gasteiger partial charge on any atom is -0.326 e. The Morgan fingerprint density at radius 3 is 2.59 bits per heavy atom. The lowest BCUT2D eigenvalue weighted by Gasteiger charge is -2.08. The molecular formula is C14H19NO2. The molecule has 0 fully saturated rings. The lowest BCUT2D eigenvalue weighted by molar-refractivity contribution is -0.124. The standard InChI is InChI=1S/C14H19NO2/c1-10(2)7-12-5-4-6-13(9-12)15-14(17)8-11(3)16/h4-6,9-10H,7-8H2,1-3H3,(H,15,17). The van der Waals surface area contributed by atoms with Gasteiger partial charge in [0.05, 0.1) is 6.42 Å². The van der Waals surface area contributed by atoms with Crippen LogP contribution in [0, 0.1) is 5.92 Å². The first-order chi connectivity index (χ1) is 7.97. The van der Waals surface area contributed by atoms with E-state index in [1.165, 1.54) is 12.5 Å². The molecule has 0 aliphatic carbocycles.